The lowest BCUT2D eigenvalue weighted by molar-refractivity contribution is -0.138. The van der Waals surface area contributed by atoms with E-state index in [1.165, 1.54) is 5.56 Å². The van der Waals surface area contributed by atoms with E-state index in [4.69, 9.17) is 0 Å². The highest BCUT2D eigenvalue weighted by atomic mass is 16.2. The molecule has 0 radical (unpaired) electrons. The quantitative estimate of drug-likeness (QED) is 0.783. The zero-order chi connectivity index (χ0) is 17.8. The molecule has 2 fully saturated rings. The summed E-state index contributed by atoms with van der Waals surface area (Å²) in [6.45, 7) is 8.05. The molecule has 0 unspecified atom stereocenters. The first-order valence-electron chi connectivity index (χ1n) is 9.32. The topological polar surface area (TPSA) is 43.9 Å². The summed E-state index contributed by atoms with van der Waals surface area (Å²) in [5.41, 5.74) is 1.98. The van der Waals surface area contributed by atoms with Crippen molar-refractivity contribution >= 4 is 11.7 Å². The Morgan fingerprint density at radius 3 is 2.12 bits per heavy atom. The summed E-state index contributed by atoms with van der Waals surface area (Å²) in [6.07, 6.45) is 2.00. The van der Waals surface area contributed by atoms with Gasteiger partial charge in [-0.15, -0.1) is 0 Å². The largest absolute Gasteiger partial charge is 0.340 e. The number of hydrogen-bond acceptors (Lipinski definition) is 4. The van der Waals surface area contributed by atoms with Crippen molar-refractivity contribution in [3.05, 3.63) is 35.4 Å². The highest BCUT2D eigenvalue weighted by Crippen LogP contribution is 2.20. The molecule has 2 heterocycles. The second-order valence-corrected chi connectivity index (χ2v) is 7.43. The predicted octanol–water partition coefficient (Wildman–Crippen LogP) is 1.88. The van der Waals surface area contributed by atoms with Crippen molar-refractivity contribution in [2.24, 2.45) is 5.92 Å². The summed E-state index contributed by atoms with van der Waals surface area (Å²) in [7, 11) is 2.13. The van der Waals surface area contributed by atoms with Crippen LogP contribution < -0.4 is 0 Å². The van der Waals surface area contributed by atoms with Gasteiger partial charge in [-0.05, 0) is 45.5 Å². The average Bonchev–Trinajstić information content (AvgIpc) is 2.63. The molecule has 2 saturated heterocycles. The number of piperazine rings is 1. The molecule has 0 spiro atoms. The summed E-state index contributed by atoms with van der Waals surface area (Å²) in [6, 6.07) is 7.87. The van der Waals surface area contributed by atoms with E-state index in [0.717, 1.165) is 64.2 Å². The van der Waals surface area contributed by atoms with Gasteiger partial charge in [-0.25, -0.2) is 0 Å². The fourth-order valence-corrected chi connectivity index (χ4v) is 3.74. The minimum atomic E-state index is 0.104. The monoisotopic (exact) mass is 343 g/mol. The van der Waals surface area contributed by atoms with Gasteiger partial charge in [0.05, 0.1) is 0 Å². The molecule has 3 rings (SSSR count). The third-order valence-electron chi connectivity index (χ3n) is 5.52. The Labute approximate surface area is 150 Å². The molecule has 1 aromatic carbocycles. The van der Waals surface area contributed by atoms with Crippen LogP contribution >= 0.6 is 0 Å². The second kappa shape index (κ2) is 8.11. The maximum Gasteiger partial charge on any atom is 0.225 e. The van der Waals surface area contributed by atoms with E-state index in [9.17, 15) is 9.59 Å². The molecule has 0 aromatic heterocycles. The number of carbonyl (C=O) groups excluding carboxylic acids is 2. The van der Waals surface area contributed by atoms with Crippen LogP contribution in [0.5, 0.6) is 0 Å². The summed E-state index contributed by atoms with van der Waals surface area (Å²) in [5.74, 6) is 0.688. The Morgan fingerprint density at radius 1 is 0.960 bits per heavy atom. The number of likely N-dealkylation sites (tertiary alicyclic amines) is 1. The van der Waals surface area contributed by atoms with Crippen LogP contribution in [0.1, 0.15) is 35.7 Å². The molecule has 25 heavy (non-hydrogen) atoms. The lowest BCUT2D eigenvalue weighted by Gasteiger charge is -2.38. The van der Waals surface area contributed by atoms with Crippen molar-refractivity contribution in [3.63, 3.8) is 0 Å². The smallest absolute Gasteiger partial charge is 0.225 e. The van der Waals surface area contributed by atoms with Crippen molar-refractivity contribution in [3.8, 4) is 0 Å². The number of ketones is 1. The lowest BCUT2D eigenvalue weighted by Crippen LogP contribution is -2.51. The molecule has 1 amide bonds. The molecule has 5 heteroatoms. The van der Waals surface area contributed by atoms with Crippen LogP contribution in [0.3, 0.4) is 0 Å². The third kappa shape index (κ3) is 4.67. The second-order valence-electron chi connectivity index (χ2n) is 7.43. The molecule has 0 saturated carbocycles. The normalized spacial score (nSPS) is 20.6. The molecule has 5 nitrogen and oxygen atoms in total. The van der Waals surface area contributed by atoms with Gasteiger partial charge in [0.2, 0.25) is 5.91 Å². The summed E-state index contributed by atoms with van der Waals surface area (Å²) in [5, 5.41) is 0. The third-order valence-corrected chi connectivity index (χ3v) is 5.52. The van der Waals surface area contributed by atoms with Gasteiger partial charge in [0, 0.05) is 44.2 Å². The van der Waals surface area contributed by atoms with Crippen LogP contribution in [0.4, 0.5) is 0 Å². The number of Topliss-reactive ketones (excluding diaryl/α,β-unsaturated/α-hetero) is 1. The Balaban J connectivity index is 1.46. The number of hydrogen-bond donors (Lipinski definition) is 0. The summed E-state index contributed by atoms with van der Waals surface area (Å²) < 4.78 is 0. The molecular formula is C20H29N3O2. The van der Waals surface area contributed by atoms with Crippen molar-refractivity contribution in [1.82, 2.24) is 14.7 Å². The Bertz CT molecular complexity index is 598. The molecule has 1 aromatic rings. The van der Waals surface area contributed by atoms with Crippen LogP contribution in [-0.2, 0) is 11.3 Å². The molecule has 2 aliphatic rings. The van der Waals surface area contributed by atoms with Crippen molar-refractivity contribution in [2.75, 3.05) is 46.3 Å². The summed E-state index contributed by atoms with van der Waals surface area (Å²) in [4.78, 5) is 30.8. The molecule has 0 atom stereocenters. The first kappa shape index (κ1) is 18.1. The number of carbonyl (C=O) groups is 2. The van der Waals surface area contributed by atoms with E-state index < -0.39 is 0 Å². The molecule has 2 aliphatic heterocycles. The van der Waals surface area contributed by atoms with Gasteiger partial charge in [0.15, 0.2) is 5.78 Å². The molecule has 0 bridgehead atoms. The maximum atomic E-state index is 12.7. The van der Waals surface area contributed by atoms with Crippen molar-refractivity contribution < 1.29 is 9.59 Å². The van der Waals surface area contributed by atoms with Crippen molar-refractivity contribution in [1.29, 1.82) is 0 Å². The Hall–Kier alpha value is -1.72. The van der Waals surface area contributed by atoms with Gasteiger partial charge in [0.1, 0.15) is 0 Å². The van der Waals surface area contributed by atoms with Gasteiger partial charge < -0.3 is 9.80 Å². The number of nitrogens with zero attached hydrogens (tertiary/aromatic N) is 3. The Morgan fingerprint density at radius 2 is 1.56 bits per heavy atom. The van der Waals surface area contributed by atoms with Gasteiger partial charge >= 0.3 is 0 Å². The van der Waals surface area contributed by atoms with E-state index in [-0.39, 0.29) is 11.7 Å². The highest BCUT2D eigenvalue weighted by Gasteiger charge is 2.29. The predicted molar refractivity (Wildman–Crippen MR) is 98.5 cm³/mol. The van der Waals surface area contributed by atoms with E-state index in [0.29, 0.717) is 5.91 Å². The van der Waals surface area contributed by atoms with Crippen LogP contribution in [-0.4, -0.2) is 72.7 Å². The molecule has 136 valence electrons. The fourth-order valence-electron chi connectivity index (χ4n) is 3.74. The van der Waals surface area contributed by atoms with E-state index >= 15 is 0 Å². The standard InChI is InChI=1S/C20H29N3O2/c1-16(24)18-5-3-17(4-6-18)15-22-11-13-23(14-12-22)20(25)19-7-9-21(2)10-8-19/h3-6,19H,7-15H2,1-2H3. The number of piperidine rings is 1. The first-order chi connectivity index (χ1) is 12.0. The molecular weight excluding hydrogens is 314 g/mol. The highest BCUT2D eigenvalue weighted by molar-refractivity contribution is 5.94. The van der Waals surface area contributed by atoms with Crippen LogP contribution in [0.2, 0.25) is 0 Å². The first-order valence-corrected chi connectivity index (χ1v) is 9.32. The van der Waals surface area contributed by atoms with Gasteiger partial charge in [-0.1, -0.05) is 24.3 Å². The minimum Gasteiger partial charge on any atom is -0.340 e. The maximum absolute atomic E-state index is 12.7. The molecule has 0 aliphatic carbocycles. The number of amides is 1. The van der Waals surface area contributed by atoms with E-state index in [1.807, 2.05) is 24.3 Å². The van der Waals surface area contributed by atoms with Crippen LogP contribution in [0, 0.1) is 5.92 Å². The van der Waals surface area contributed by atoms with E-state index in [2.05, 4.69) is 21.7 Å². The minimum absolute atomic E-state index is 0.104. The lowest BCUT2D eigenvalue weighted by atomic mass is 9.95. The number of benzene rings is 1. The van der Waals surface area contributed by atoms with Gasteiger partial charge in [-0.2, -0.15) is 0 Å². The fraction of sp³-hybridized carbons (Fsp3) is 0.600. The molecule has 0 N–H and O–H groups in total. The average molecular weight is 343 g/mol. The van der Waals surface area contributed by atoms with Gasteiger partial charge in [-0.3, -0.25) is 14.5 Å². The van der Waals surface area contributed by atoms with Crippen molar-refractivity contribution in [2.45, 2.75) is 26.3 Å². The van der Waals surface area contributed by atoms with Gasteiger partial charge in [0.25, 0.3) is 0 Å². The zero-order valence-corrected chi connectivity index (χ0v) is 15.4. The SMILES string of the molecule is CC(=O)c1ccc(CN2CCN(C(=O)C3CCN(C)CC3)CC2)cc1. The van der Waals surface area contributed by atoms with Crippen LogP contribution in [0.25, 0.3) is 0 Å². The Kier molecular flexibility index (Phi) is 5.86. The van der Waals surface area contributed by atoms with E-state index in [1.54, 1.807) is 6.92 Å². The zero-order valence-electron chi connectivity index (χ0n) is 15.4. The number of rotatable bonds is 4. The van der Waals surface area contributed by atoms with Crippen LogP contribution in [0.15, 0.2) is 24.3 Å². The summed E-state index contributed by atoms with van der Waals surface area (Å²) >= 11 is 0.